The summed E-state index contributed by atoms with van der Waals surface area (Å²) in [6, 6.07) is 7.24. The number of nitrogens with zero attached hydrogens (tertiary/aromatic N) is 3. The third-order valence-electron chi connectivity index (χ3n) is 5.35. The van der Waals surface area contributed by atoms with Gasteiger partial charge in [0.15, 0.2) is 0 Å². The van der Waals surface area contributed by atoms with Crippen molar-refractivity contribution in [2.75, 3.05) is 33.3 Å². The van der Waals surface area contributed by atoms with E-state index in [0.717, 1.165) is 11.1 Å². The van der Waals surface area contributed by atoms with Gasteiger partial charge in [-0.3, -0.25) is 9.59 Å². The first-order chi connectivity index (χ1) is 15.0. The van der Waals surface area contributed by atoms with Crippen LogP contribution in [0.1, 0.15) is 36.7 Å². The summed E-state index contributed by atoms with van der Waals surface area (Å²) in [6.45, 7) is 8.94. The Morgan fingerprint density at radius 2 is 1.59 bits per heavy atom. The minimum atomic E-state index is -0.553. The molecule has 0 bridgehead atoms. The molecule has 8 heteroatoms. The second kappa shape index (κ2) is 9.06. The molecule has 1 aromatic carbocycles. The number of hydrogen-bond donors (Lipinski definition) is 0. The standard InChI is InChI=1S/C24H31N3O5/c1-16-13-18(15-25(5)21(16)28)17-7-8-19(20(14-17)31-6)22(29)26-9-11-27(12-10-26)23(30)32-24(2,3)4/h7-8,13-15H,9-12H2,1-6H3. The van der Waals surface area contributed by atoms with Gasteiger partial charge in [0, 0.05) is 45.0 Å². The van der Waals surface area contributed by atoms with Crippen LogP contribution < -0.4 is 10.3 Å². The number of piperazine rings is 1. The number of ether oxygens (including phenoxy) is 2. The predicted molar refractivity (Wildman–Crippen MR) is 122 cm³/mol. The molecule has 1 aliphatic rings. The van der Waals surface area contributed by atoms with Crippen molar-refractivity contribution in [1.29, 1.82) is 0 Å². The highest BCUT2D eigenvalue weighted by Crippen LogP contribution is 2.28. The maximum Gasteiger partial charge on any atom is 0.410 e. The van der Waals surface area contributed by atoms with E-state index in [0.29, 0.717) is 43.1 Å². The first-order valence-corrected chi connectivity index (χ1v) is 10.6. The van der Waals surface area contributed by atoms with Crippen LogP contribution in [0.3, 0.4) is 0 Å². The van der Waals surface area contributed by atoms with Gasteiger partial charge in [-0.2, -0.15) is 0 Å². The van der Waals surface area contributed by atoms with Crippen LogP contribution in [0.5, 0.6) is 5.75 Å². The molecule has 0 N–H and O–H groups in total. The quantitative estimate of drug-likeness (QED) is 0.731. The lowest BCUT2D eigenvalue weighted by Crippen LogP contribution is -2.51. The Kier molecular flexibility index (Phi) is 6.62. The largest absolute Gasteiger partial charge is 0.496 e. The SMILES string of the molecule is COc1cc(-c2cc(C)c(=O)n(C)c2)ccc1C(=O)N1CCN(C(=O)OC(C)(C)C)CC1. The van der Waals surface area contributed by atoms with E-state index in [1.54, 1.807) is 40.6 Å². The third-order valence-corrected chi connectivity index (χ3v) is 5.35. The van der Waals surface area contributed by atoms with Gasteiger partial charge in [-0.1, -0.05) is 6.07 Å². The fourth-order valence-electron chi connectivity index (χ4n) is 3.67. The van der Waals surface area contributed by atoms with Crippen LogP contribution in [0.15, 0.2) is 35.3 Å². The van der Waals surface area contributed by atoms with Crippen LogP contribution in [-0.2, 0) is 11.8 Å². The number of amides is 2. The van der Waals surface area contributed by atoms with Crippen LogP contribution in [0.2, 0.25) is 0 Å². The van der Waals surface area contributed by atoms with Crippen molar-refractivity contribution in [2.45, 2.75) is 33.3 Å². The Morgan fingerprint density at radius 3 is 2.16 bits per heavy atom. The average molecular weight is 442 g/mol. The molecular formula is C24H31N3O5. The van der Waals surface area contributed by atoms with Gasteiger partial charge in [-0.15, -0.1) is 0 Å². The molecule has 0 atom stereocenters. The minimum absolute atomic E-state index is 0.0435. The van der Waals surface area contributed by atoms with Gasteiger partial charge in [0.2, 0.25) is 0 Å². The van der Waals surface area contributed by atoms with Gasteiger partial charge in [-0.05, 0) is 57.0 Å². The van der Waals surface area contributed by atoms with Crippen molar-refractivity contribution in [2.24, 2.45) is 7.05 Å². The summed E-state index contributed by atoms with van der Waals surface area (Å²) in [4.78, 5) is 40.7. The minimum Gasteiger partial charge on any atom is -0.496 e. The zero-order chi connectivity index (χ0) is 23.6. The summed E-state index contributed by atoms with van der Waals surface area (Å²) in [5.41, 5.74) is 2.23. The number of benzene rings is 1. The lowest BCUT2D eigenvalue weighted by atomic mass is 10.0. The Balaban J connectivity index is 1.75. The fraction of sp³-hybridized carbons (Fsp3) is 0.458. The molecular weight excluding hydrogens is 410 g/mol. The Morgan fingerprint density at radius 1 is 0.969 bits per heavy atom. The lowest BCUT2D eigenvalue weighted by molar-refractivity contribution is 0.0140. The van der Waals surface area contributed by atoms with Crippen molar-refractivity contribution < 1.29 is 19.1 Å². The summed E-state index contributed by atoms with van der Waals surface area (Å²) in [5.74, 6) is 0.322. The maximum absolute atomic E-state index is 13.2. The number of pyridine rings is 1. The van der Waals surface area contributed by atoms with E-state index >= 15 is 0 Å². The van der Waals surface area contributed by atoms with Gasteiger partial charge in [0.05, 0.1) is 12.7 Å². The normalized spacial score (nSPS) is 14.3. The van der Waals surface area contributed by atoms with Crippen LogP contribution in [0, 0.1) is 6.92 Å². The molecule has 32 heavy (non-hydrogen) atoms. The molecule has 1 fully saturated rings. The smallest absolute Gasteiger partial charge is 0.410 e. The summed E-state index contributed by atoms with van der Waals surface area (Å²) in [6.07, 6.45) is 1.40. The molecule has 3 rings (SSSR count). The van der Waals surface area contributed by atoms with Crippen molar-refractivity contribution in [3.8, 4) is 16.9 Å². The summed E-state index contributed by atoms with van der Waals surface area (Å²) in [5, 5.41) is 0. The highest BCUT2D eigenvalue weighted by Gasteiger charge is 2.29. The Hall–Kier alpha value is -3.29. The van der Waals surface area contributed by atoms with Crippen molar-refractivity contribution in [1.82, 2.24) is 14.4 Å². The van der Waals surface area contributed by atoms with E-state index < -0.39 is 5.60 Å². The van der Waals surface area contributed by atoms with E-state index in [9.17, 15) is 14.4 Å². The first-order valence-electron chi connectivity index (χ1n) is 10.6. The molecule has 2 aromatic rings. The highest BCUT2D eigenvalue weighted by molar-refractivity contribution is 5.97. The molecule has 0 aliphatic carbocycles. The molecule has 1 aliphatic heterocycles. The zero-order valence-corrected chi connectivity index (χ0v) is 19.6. The van der Waals surface area contributed by atoms with Crippen LogP contribution in [-0.4, -0.2) is 65.3 Å². The molecule has 2 heterocycles. The van der Waals surface area contributed by atoms with E-state index in [4.69, 9.17) is 9.47 Å². The van der Waals surface area contributed by atoms with Gasteiger partial charge in [0.1, 0.15) is 11.4 Å². The number of aromatic nitrogens is 1. The number of hydrogen-bond acceptors (Lipinski definition) is 5. The van der Waals surface area contributed by atoms with Crippen LogP contribution >= 0.6 is 0 Å². The molecule has 172 valence electrons. The summed E-state index contributed by atoms with van der Waals surface area (Å²) in [7, 11) is 3.24. The number of rotatable bonds is 3. The van der Waals surface area contributed by atoms with Gasteiger partial charge in [0.25, 0.3) is 11.5 Å². The number of carbonyl (C=O) groups is 2. The highest BCUT2D eigenvalue weighted by atomic mass is 16.6. The topological polar surface area (TPSA) is 81.1 Å². The average Bonchev–Trinajstić information content (AvgIpc) is 2.75. The molecule has 0 radical (unpaired) electrons. The van der Waals surface area contributed by atoms with E-state index in [-0.39, 0.29) is 17.6 Å². The van der Waals surface area contributed by atoms with Gasteiger partial charge < -0.3 is 23.8 Å². The van der Waals surface area contributed by atoms with Gasteiger partial charge in [-0.25, -0.2) is 4.79 Å². The summed E-state index contributed by atoms with van der Waals surface area (Å²) >= 11 is 0. The molecule has 0 saturated carbocycles. The molecule has 8 nitrogen and oxygen atoms in total. The predicted octanol–water partition coefficient (Wildman–Crippen LogP) is 3.06. The summed E-state index contributed by atoms with van der Waals surface area (Å²) < 4.78 is 12.5. The Bertz CT molecular complexity index is 1050. The third kappa shape index (κ3) is 5.12. The maximum atomic E-state index is 13.2. The van der Waals surface area contributed by atoms with Crippen molar-refractivity contribution in [3.05, 3.63) is 51.9 Å². The van der Waals surface area contributed by atoms with Gasteiger partial charge >= 0.3 is 6.09 Å². The van der Waals surface area contributed by atoms with Crippen molar-refractivity contribution in [3.63, 3.8) is 0 Å². The van der Waals surface area contributed by atoms with Crippen LogP contribution in [0.25, 0.3) is 11.1 Å². The van der Waals surface area contributed by atoms with E-state index in [1.807, 2.05) is 39.0 Å². The van der Waals surface area contributed by atoms with E-state index in [1.165, 1.54) is 7.11 Å². The Labute approximate surface area is 188 Å². The molecule has 2 amide bonds. The lowest BCUT2D eigenvalue weighted by Gasteiger charge is -2.35. The second-order valence-corrected chi connectivity index (χ2v) is 9.00. The molecule has 1 saturated heterocycles. The first kappa shape index (κ1) is 23.4. The number of carbonyl (C=O) groups excluding carboxylic acids is 2. The number of aryl methyl sites for hydroxylation is 2. The monoisotopic (exact) mass is 441 g/mol. The van der Waals surface area contributed by atoms with Crippen molar-refractivity contribution >= 4 is 12.0 Å². The molecule has 1 aromatic heterocycles. The number of methoxy groups -OCH3 is 1. The fourth-order valence-corrected chi connectivity index (χ4v) is 3.67. The van der Waals surface area contributed by atoms with E-state index in [2.05, 4.69) is 0 Å². The molecule has 0 unspecified atom stereocenters. The van der Waals surface area contributed by atoms with Crippen LogP contribution in [0.4, 0.5) is 4.79 Å². The molecule has 0 spiro atoms. The zero-order valence-electron chi connectivity index (χ0n) is 19.6. The second-order valence-electron chi connectivity index (χ2n) is 9.00.